The van der Waals surface area contributed by atoms with Gasteiger partial charge in [0.1, 0.15) is 18.3 Å². The summed E-state index contributed by atoms with van der Waals surface area (Å²) >= 11 is 5.27. The molecule has 0 saturated carbocycles. The molecule has 6 fully saturated rings. The first kappa shape index (κ1) is 69.9. The number of hydrogen-bond donors (Lipinski definition) is 1. The van der Waals surface area contributed by atoms with Crippen molar-refractivity contribution in [2.75, 3.05) is 184 Å². The molecule has 18 nitrogen and oxygen atoms in total. The van der Waals surface area contributed by atoms with E-state index >= 15 is 0 Å². The summed E-state index contributed by atoms with van der Waals surface area (Å²) in [6.07, 6.45) is 4.21. The molecule has 22 heteroatoms. The number of alkyl halides is 1. The molecule has 4 N–H and O–H groups in total. The van der Waals surface area contributed by atoms with Gasteiger partial charge in [-0.25, -0.2) is 0 Å². The van der Waals surface area contributed by atoms with Crippen LogP contribution in [0.2, 0.25) is 0 Å². The molecule has 6 aliphatic heterocycles. The van der Waals surface area contributed by atoms with Gasteiger partial charge in [0.25, 0.3) is 0 Å². The average Bonchev–Trinajstić information content (AvgIpc) is 4.16. The smallest absolute Gasteiger partial charge is 1.00 e. The zero-order chi connectivity index (χ0) is 43.5. The maximum Gasteiger partial charge on any atom is 1.00 e. The second-order valence-corrected chi connectivity index (χ2v) is 17.9. The van der Waals surface area contributed by atoms with Crippen LogP contribution >= 0.6 is 11.6 Å². The number of ether oxygens (including phenoxy) is 15. The Kier molecular flexibility index (Phi) is 42.7. The van der Waals surface area contributed by atoms with Crippen LogP contribution in [0.15, 0.2) is 0 Å². The standard InChI is InChI=1S/C22H40O8.C19H36O7.C3H5ClO.ClH.2Na.2H2O/c1-3-21(15-27-16-21)13-25-8-6-23-5-7-24-9-19(29-11-20-12-30-20)10-26-14-22(4-2)17-28-18-22;1-3-18(13-25-14-18)11-23-8-6-21-5-7-22-9-17(20)10-24-12-19(4-2)15-26-16-19;4-1-3-2-5-3;;;;;/h19-20H,3-18H2,1-2H3;17,20H,3-16H2,1-2H3;3H,1-2H2;1H;;;2*1H2/q;;;;2*+1;;/p-2. The van der Waals surface area contributed by atoms with Crippen molar-refractivity contribution in [2.24, 2.45) is 21.7 Å². The average molecular weight is 1020 g/mol. The molecule has 4 unspecified atom stereocenters. The van der Waals surface area contributed by atoms with E-state index in [1.807, 2.05) is 0 Å². The molecule has 0 aliphatic carbocycles. The first-order valence-electron chi connectivity index (χ1n) is 22.8. The van der Waals surface area contributed by atoms with Gasteiger partial charge in [-0.1, -0.05) is 27.7 Å². The van der Waals surface area contributed by atoms with Gasteiger partial charge in [0, 0.05) is 21.7 Å². The van der Waals surface area contributed by atoms with E-state index in [4.69, 9.17) is 82.7 Å². The summed E-state index contributed by atoms with van der Waals surface area (Å²) in [5, 5.41) is 9.86. The maximum absolute atomic E-state index is 9.86. The summed E-state index contributed by atoms with van der Waals surface area (Å²) < 4.78 is 82.2. The monoisotopic (exact) mass is 1020 g/mol. The maximum atomic E-state index is 9.86. The van der Waals surface area contributed by atoms with Crippen LogP contribution in [-0.2, 0) is 71.1 Å². The minimum atomic E-state index is -0.608. The van der Waals surface area contributed by atoms with Crippen molar-refractivity contribution < 1.29 is 159 Å². The third-order valence-electron chi connectivity index (χ3n) is 12.1. The summed E-state index contributed by atoms with van der Waals surface area (Å²) in [5.41, 5.74) is 0.792. The molecule has 0 radical (unpaired) electrons. The molecule has 384 valence electrons. The number of aliphatic hydroxyl groups is 1. The van der Waals surface area contributed by atoms with Crippen LogP contribution in [0.1, 0.15) is 53.4 Å². The quantitative estimate of drug-likeness (QED) is 0.0267. The largest absolute Gasteiger partial charge is 1.00 e. The topological polar surface area (TPSA) is 227 Å². The molecule has 6 heterocycles. The van der Waals surface area contributed by atoms with Gasteiger partial charge >= 0.3 is 59.1 Å². The molecule has 6 aliphatic rings. The van der Waals surface area contributed by atoms with E-state index in [2.05, 4.69) is 27.7 Å². The van der Waals surface area contributed by atoms with Crippen LogP contribution < -0.4 is 71.5 Å². The van der Waals surface area contributed by atoms with Crippen molar-refractivity contribution in [3.63, 3.8) is 0 Å². The van der Waals surface area contributed by atoms with Gasteiger partial charge in [-0.2, -0.15) is 0 Å². The van der Waals surface area contributed by atoms with E-state index < -0.39 is 6.10 Å². The normalized spacial score (nSPS) is 22.5. The zero-order valence-corrected chi connectivity index (χ0v) is 46.7. The Morgan fingerprint density at radius 3 is 1.12 bits per heavy atom. The number of epoxide rings is 2. The zero-order valence-electron chi connectivity index (χ0n) is 41.2. The van der Waals surface area contributed by atoms with E-state index in [0.717, 1.165) is 105 Å². The minimum Gasteiger partial charge on any atom is -1.00 e. The Morgan fingerprint density at radius 2 is 0.803 bits per heavy atom. The summed E-state index contributed by atoms with van der Waals surface area (Å²) in [7, 11) is 0. The van der Waals surface area contributed by atoms with Gasteiger partial charge in [-0.05, 0) is 25.7 Å². The van der Waals surface area contributed by atoms with Crippen LogP contribution in [0.3, 0.4) is 0 Å². The Morgan fingerprint density at radius 1 is 0.500 bits per heavy atom. The Bertz CT molecular complexity index is 1080. The third kappa shape index (κ3) is 28.3. The number of halogens is 2. The van der Waals surface area contributed by atoms with Gasteiger partial charge in [0.2, 0.25) is 0 Å². The number of hydrogen-bond acceptors (Lipinski definition) is 17. The van der Waals surface area contributed by atoms with Crippen LogP contribution in [0, 0.1) is 21.7 Å². The number of rotatable bonds is 36. The van der Waals surface area contributed by atoms with Crippen molar-refractivity contribution in [1.29, 1.82) is 0 Å². The van der Waals surface area contributed by atoms with Gasteiger partial charge in [0.05, 0.1) is 190 Å². The Balaban J connectivity index is 0. The van der Waals surface area contributed by atoms with Crippen LogP contribution in [-0.4, -0.2) is 225 Å². The molecule has 66 heavy (non-hydrogen) atoms. The van der Waals surface area contributed by atoms with Gasteiger partial charge < -0.3 is 99.5 Å². The van der Waals surface area contributed by atoms with Gasteiger partial charge in [-0.3, -0.25) is 0 Å². The molecule has 0 aromatic carbocycles. The van der Waals surface area contributed by atoms with E-state index in [9.17, 15) is 5.11 Å². The molecular formula is C44H84Cl2Na2O18. The molecule has 0 spiro atoms. The second kappa shape index (κ2) is 40.3. The Hall–Kier alpha value is 1.86. The van der Waals surface area contributed by atoms with Crippen LogP contribution in [0.25, 0.3) is 0 Å². The predicted molar refractivity (Wildman–Crippen MR) is 232 cm³/mol. The number of aliphatic hydroxyl groups excluding tert-OH is 1. The minimum absolute atomic E-state index is 0. The van der Waals surface area contributed by atoms with Crippen molar-refractivity contribution >= 4 is 11.6 Å². The van der Waals surface area contributed by atoms with Crippen LogP contribution in [0.5, 0.6) is 0 Å². The molecular weight excluding hydrogens is 933 g/mol. The summed E-state index contributed by atoms with van der Waals surface area (Å²) in [5.74, 6) is 0.667. The van der Waals surface area contributed by atoms with E-state index in [1.54, 1.807) is 0 Å². The first-order chi connectivity index (χ1) is 29.8. The molecule has 0 aromatic rings. The van der Waals surface area contributed by atoms with Crippen molar-refractivity contribution in [1.82, 2.24) is 0 Å². The molecule has 0 aromatic heterocycles. The fourth-order valence-corrected chi connectivity index (χ4v) is 6.56. The van der Waals surface area contributed by atoms with Crippen molar-refractivity contribution in [2.45, 2.75) is 77.8 Å². The predicted octanol–water partition coefficient (Wildman–Crippen LogP) is -6.41. The van der Waals surface area contributed by atoms with E-state index in [1.165, 1.54) is 0 Å². The first-order valence-corrected chi connectivity index (χ1v) is 23.3. The molecule has 0 bridgehead atoms. The molecule has 0 amide bonds. The molecule has 4 atom stereocenters. The fraction of sp³-hybridized carbons (Fsp3) is 1.00. The molecule has 6 saturated heterocycles. The van der Waals surface area contributed by atoms with Crippen molar-refractivity contribution in [3.8, 4) is 0 Å². The van der Waals surface area contributed by atoms with Gasteiger partial charge in [-0.15, -0.1) is 11.6 Å². The van der Waals surface area contributed by atoms with Crippen LogP contribution in [0.4, 0.5) is 0 Å². The van der Waals surface area contributed by atoms with E-state index in [-0.39, 0.29) is 123 Å². The van der Waals surface area contributed by atoms with E-state index in [0.29, 0.717) is 104 Å². The fourth-order valence-electron chi connectivity index (χ4n) is 6.38. The summed E-state index contributed by atoms with van der Waals surface area (Å²) in [4.78, 5) is 0. The SMILES string of the molecule is CCC1(COCCOCCOCC(COCC2(CC)COC2)OCC2CO2)COC1.CCC1(COCCOCCOCC(O)COCC2(CC)COC2)COC1.ClCC1CO1.O.[Cl-].[Na+].[Na+].[OH-]. The summed E-state index contributed by atoms with van der Waals surface area (Å²) in [6.45, 7) is 26.0. The summed E-state index contributed by atoms with van der Waals surface area (Å²) in [6, 6.07) is 0. The van der Waals surface area contributed by atoms with Crippen molar-refractivity contribution in [3.05, 3.63) is 0 Å². The third-order valence-corrected chi connectivity index (χ3v) is 12.5. The molecule has 6 rings (SSSR count). The second-order valence-electron chi connectivity index (χ2n) is 17.6. The van der Waals surface area contributed by atoms with Gasteiger partial charge in [0.15, 0.2) is 0 Å². The Labute approximate surface area is 450 Å².